The van der Waals surface area contributed by atoms with E-state index < -0.39 is 0 Å². The van der Waals surface area contributed by atoms with Crippen LogP contribution in [0.5, 0.6) is 5.75 Å². The number of methoxy groups -OCH3 is 1. The molecule has 1 unspecified atom stereocenters. The fourth-order valence-electron chi connectivity index (χ4n) is 1.61. The lowest BCUT2D eigenvalue weighted by atomic mass is 10.1. The first kappa shape index (κ1) is 12.1. The van der Waals surface area contributed by atoms with Gasteiger partial charge in [0, 0.05) is 23.7 Å². The minimum absolute atomic E-state index is 0.298. The monoisotopic (exact) mass is 248 g/mol. The highest BCUT2D eigenvalue weighted by Crippen LogP contribution is 2.19. The van der Waals surface area contributed by atoms with E-state index in [1.807, 2.05) is 23.8 Å². The molecule has 17 heavy (non-hydrogen) atoms. The molecular formula is C13H16N2OS. The van der Waals surface area contributed by atoms with Crippen molar-refractivity contribution in [2.45, 2.75) is 19.5 Å². The van der Waals surface area contributed by atoms with Crippen LogP contribution in [-0.4, -0.2) is 12.1 Å². The number of nitrogens with one attached hydrogen (secondary N) is 1. The maximum absolute atomic E-state index is 5.22. The molecule has 1 aromatic carbocycles. The lowest BCUT2D eigenvalue weighted by Crippen LogP contribution is -2.17. The fraction of sp³-hybridized carbons (Fsp3) is 0.308. The number of hydrogen-bond acceptors (Lipinski definition) is 4. The third-order valence-electron chi connectivity index (χ3n) is 2.66. The number of nitrogens with zero attached hydrogens (tertiary/aromatic N) is 1. The molecule has 0 saturated heterocycles. The highest BCUT2D eigenvalue weighted by Gasteiger charge is 2.06. The molecule has 0 aliphatic rings. The van der Waals surface area contributed by atoms with E-state index >= 15 is 0 Å². The standard InChI is InChI=1S/C13H16N2OS/c1-10(15-8-13-7-14-9-17-13)11-4-3-5-12(6-11)16-2/h3-7,9-10,15H,8H2,1-2H3. The number of ether oxygens (including phenoxy) is 1. The molecule has 1 aromatic heterocycles. The maximum atomic E-state index is 5.22. The molecule has 1 atom stereocenters. The molecular weight excluding hydrogens is 232 g/mol. The Bertz CT molecular complexity index is 456. The molecule has 2 rings (SSSR count). The molecule has 0 fully saturated rings. The molecule has 4 heteroatoms. The van der Waals surface area contributed by atoms with Gasteiger partial charge in [0.1, 0.15) is 5.75 Å². The van der Waals surface area contributed by atoms with Crippen LogP contribution in [0.2, 0.25) is 0 Å². The van der Waals surface area contributed by atoms with Crippen molar-refractivity contribution in [3.8, 4) is 5.75 Å². The topological polar surface area (TPSA) is 34.1 Å². The largest absolute Gasteiger partial charge is 0.497 e. The van der Waals surface area contributed by atoms with Gasteiger partial charge in [-0.3, -0.25) is 4.98 Å². The van der Waals surface area contributed by atoms with E-state index in [2.05, 4.69) is 29.4 Å². The SMILES string of the molecule is COc1cccc(C(C)NCc2cncs2)c1. The zero-order valence-electron chi connectivity index (χ0n) is 10.0. The van der Waals surface area contributed by atoms with Gasteiger partial charge in [-0.15, -0.1) is 11.3 Å². The van der Waals surface area contributed by atoms with Crippen molar-refractivity contribution in [2.24, 2.45) is 0 Å². The van der Waals surface area contributed by atoms with E-state index in [0.717, 1.165) is 12.3 Å². The third-order valence-corrected chi connectivity index (χ3v) is 3.44. The van der Waals surface area contributed by atoms with Gasteiger partial charge in [-0.25, -0.2) is 0 Å². The second kappa shape index (κ2) is 5.80. The van der Waals surface area contributed by atoms with E-state index in [-0.39, 0.29) is 0 Å². The predicted octanol–water partition coefficient (Wildman–Crippen LogP) is 3.00. The first-order valence-corrected chi connectivity index (χ1v) is 6.42. The highest BCUT2D eigenvalue weighted by atomic mass is 32.1. The Morgan fingerprint density at radius 2 is 2.35 bits per heavy atom. The average Bonchev–Trinajstić information content (AvgIpc) is 2.89. The second-order valence-corrected chi connectivity index (χ2v) is 4.82. The maximum Gasteiger partial charge on any atom is 0.119 e. The van der Waals surface area contributed by atoms with E-state index in [0.29, 0.717) is 6.04 Å². The molecule has 0 saturated carbocycles. The molecule has 0 radical (unpaired) electrons. The smallest absolute Gasteiger partial charge is 0.119 e. The molecule has 1 N–H and O–H groups in total. The lowest BCUT2D eigenvalue weighted by molar-refractivity contribution is 0.413. The summed E-state index contributed by atoms with van der Waals surface area (Å²) >= 11 is 1.67. The Labute approximate surface area is 105 Å². The molecule has 3 nitrogen and oxygen atoms in total. The van der Waals surface area contributed by atoms with Crippen molar-refractivity contribution in [3.05, 3.63) is 46.4 Å². The summed E-state index contributed by atoms with van der Waals surface area (Å²) in [5, 5.41) is 3.47. The van der Waals surface area contributed by atoms with E-state index in [9.17, 15) is 0 Å². The number of benzene rings is 1. The Hall–Kier alpha value is -1.39. The Morgan fingerprint density at radius 3 is 3.06 bits per heavy atom. The summed E-state index contributed by atoms with van der Waals surface area (Å²) in [6, 6.07) is 8.43. The Morgan fingerprint density at radius 1 is 1.47 bits per heavy atom. The first-order valence-electron chi connectivity index (χ1n) is 5.54. The van der Waals surface area contributed by atoms with Crippen molar-refractivity contribution < 1.29 is 4.74 Å². The van der Waals surface area contributed by atoms with Crippen molar-refractivity contribution in [3.63, 3.8) is 0 Å². The zero-order valence-corrected chi connectivity index (χ0v) is 10.8. The average molecular weight is 248 g/mol. The summed E-state index contributed by atoms with van der Waals surface area (Å²) in [6.45, 7) is 3.00. The van der Waals surface area contributed by atoms with Gasteiger partial charge in [-0.1, -0.05) is 12.1 Å². The van der Waals surface area contributed by atoms with Crippen LogP contribution >= 0.6 is 11.3 Å². The quantitative estimate of drug-likeness (QED) is 0.883. The van der Waals surface area contributed by atoms with Crippen LogP contribution in [-0.2, 0) is 6.54 Å². The summed E-state index contributed by atoms with van der Waals surface area (Å²) < 4.78 is 5.22. The van der Waals surface area contributed by atoms with Crippen molar-refractivity contribution in [2.75, 3.05) is 7.11 Å². The summed E-state index contributed by atoms with van der Waals surface area (Å²) in [5.74, 6) is 0.897. The van der Waals surface area contributed by atoms with Gasteiger partial charge in [0.15, 0.2) is 0 Å². The molecule has 90 valence electrons. The summed E-state index contributed by atoms with van der Waals surface area (Å²) in [4.78, 5) is 5.31. The molecule has 0 bridgehead atoms. The van der Waals surface area contributed by atoms with Gasteiger partial charge in [-0.05, 0) is 24.6 Å². The van der Waals surface area contributed by atoms with Crippen LogP contribution in [0.25, 0.3) is 0 Å². The number of hydrogen-bond donors (Lipinski definition) is 1. The van der Waals surface area contributed by atoms with Gasteiger partial charge >= 0.3 is 0 Å². The van der Waals surface area contributed by atoms with Crippen LogP contribution in [0.15, 0.2) is 36.0 Å². The summed E-state index contributed by atoms with van der Waals surface area (Å²) in [5.41, 5.74) is 3.08. The molecule has 0 aliphatic heterocycles. The third kappa shape index (κ3) is 3.28. The minimum atomic E-state index is 0.298. The fourth-order valence-corrected chi connectivity index (χ4v) is 2.16. The van der Waals surface area contributed by atoms with E-state index in [4.69, 9.17) is 4.74 Å². The van der Waals surface area contributed by atoms with Crippen molar-refractivity contribution in [1.29, 1.82) is 0 Å². The van der Waals surface area contributed by atoms with Gasteiger partial charge in [-0.2, -0.15) is 0 Å². The van der Waals surface area contributed by atoms with Crippen LogP contribution in [0.3, 0.4) is 0 Å². The van der Waals surface area contributed by atoms with E-state index in [1.165, 1.54) is 10.4 Å². The molecule has 0 amide bonds. The summed E-state index contributed by atoms with van der Waals surface area (Å²) in [7, 11) is 1.69. The highest BCUT2D eigenvalue weighted by molar-refractivity contribution is 7.09. The van der Waals surface area contributed by atoms with Crippen LogP contribution in [0.1, 0.15) is 23.4 Å². The van der Waals surface area contributed by atoms with Crippen molar-refractivity contribution >= 4 is 11.3 Å². The number of thiazole rings is 1. The van der Waals surface area contributed by atoms with Crippen LogP contribution < -0.4 is 10.1 Å². The minimum Gasteiger partial charge on any atom is -0.497 e. The van der Waals surface area contributed by atoms with E-state index in [1.54, 1.807) is 18.4 Å². The molecule has 1 heterocycles. The Balaban J connectivity index is 1.96. The van der Waals surface area contributed by atoms with Gasteiger partial charge in [0.05, 0.1) is 12.6 Å². The second-order valence-electron chi connectivity index (χ2n) is 3.85. The number of rotatable bonds is 5. The summed E-state index contributed by atoms with van der Waals surface area (Å²) in [6.07, 6.45) is 1.90. The van der Waals surface area contributed by atoms with Gasteiger partial charge < -0.3 is 10.1 Å². The zero-order chi connectivity index (χ0) is 12.1. The Kier molecular flexibility index (Phi) is 4.12. The molecule has 0 spiro atoms. The predicted molar refractivity (Wildman–Crippen MR) is 70.4 cm³/mol. The van der Waals surface area contributed by atoms with Gasteiger partial charge in [0.2, 0.25) is 0 Å². The first-order chi connectivity index (χ1) is 8.29. The number of aromatic nitrogens is 1. The van der Waals surface area contributed by atoms with Crippen LogP contribution in [0.4, 0.5) is 0 Å². The van der Waals surface area contributed by atoms with Crippen LogP contribution in [0, 0.1) is 0 Å². The molecule has 2 aromatic rings. The van der Waals surface area contributed by atoms with Gasteiger partial charge in [0.25, 0.3) is 0 Å². The lowest BCUT2D eigenvalue weighted by Gasteiger charge is -2.14. The normalized spacial score (nSPS) is 12.4. The van der Waals surface area contributed by atoms with Crippen molar-refractivity contribution in [1.82, 2.24) is 10.3 Å². The molecule has 0 aliphatic carbocycles.